The molecule has 0 unspecified atom stereocenters. The maximum atomic E-state index is 13.1. The van der Waals surface area contributed by atoms with E-state index in [1.807, 2.05) is 17.0 Å². The number of carbonyl (C=O) groups excluding carboxylic acids is 1. The zero-order valence-corrected chi connectivity index (χ0v) is 19.0. The van der Waals surface area contributed by atoms with Crippen molar-refractivity contribution in [2.45, 2.75) is 19.9 Å². The highest BCUT2D eigenvalue weighted by Crippen LogP contribution is 2.28. The molecule has 1 fully saturated rings. The number of halogens is 1. The van der Waals surface area contributed by atoms with Gasteiger partial charge >= 0.3 is 0 Å². The second-order valence-corrected chi connectivity index (χ2v) is 8.31. The second kappa shape index (κ2) is 8.70. The van der Waals surface area contributed by atoms with Crippen molar-refractivity contribution in [1.82, 2.24) is 34.6 Å². The van der Waals surface area contributed by atoms with E-state index >= 15 is 0 Å². The van der Waals surface area contributed by atoms with Crippen LogP contribution in [0.3, 0.4) is 0 Å². The number of piperazine rings is 1. The van der Waals surface area contributed by atoms with E-state index in [-0.39, 0.29) is 12.5 Å². The molecular formula is C22H24ClN9O. The Bertz CT molecular complexity index is 1290. The second-order valence-electron chi connectivity index (χ2n) is 7.90. The summed E-state index contributed by atoms with van der Waals surface area (Å²) < 4.78 is 1.58. The molecular weight excluding hydrogens is 442 g/mol. The monoisotopic (exact) mass is 465 g/mol. The average molecular weight is 466 g/mol. The van der Waals surface area contributed by atoms with Gasteiger partial charge in [-0.2, -0.15) is 5.10 Å². The average Bonchev–Trinajstić information content (AvgIpc) is 3.49. The van der Waals surface area contributed by atoms with Gasteiger partial charge in [-0.05, 0) is 30.2 Å². The lowest BCUT2D eigenvalue weighted by molar-refractivity contribution is -0.132. The fourth-order valence-corrected chi connectivity index (χ4v) is 4.42. The van der Waals surface area contributed by atoms with E-state index in [9.17, 15) is 4.79 Å². The van der Waals surface area contributed by atoms with Crippen molar-refractivity contribution in [1.29, 1.82) is 0 Å². The molecule has 0 spiro atoms. The van der Waals surface area contributed by atoms with Crippen molar-refractivity contribution in [3.8, 4) is 11.5 Å². The number of benzene rings is 1. The Morgan fingerprint density at radius 2 is 2.00 bits per heavy atom. The van der Waals surface area contributed by atoms with Gasteiger partial charge in [0.15, 0.2) is 11.5 Å². The molecule has 5 rings (SSSR count). The van der Waals surface area contributed by atoms with Crippen molar-refractivity contribution in [2.75, 3.05) is 36.8 Å². The van der Waals surface area contributed by atoms with Gasteiger partial charge in [-0.25, -0.2) is 19.6 Å². The van der Waals surface area contributed by atoms with E-state index in [1.54, 1.807) is 17.1 Å². The lowest BCUT2D eigenvalue weighted by Gasteiger charge is -2.36. The van der Waals surface area contributed by atoms with Crippen LogP contribution < -0.4 is 10.6 Å². The van der Waals surface area contributed by atoms with Gasteiger partial charge in [-0.3, -0.25) is 4.79 Å². The summed E-state index contributed by atoms with van der Waals surface area (Å²) in [5.41, 5.74) is 9.40. The maximum absolute atomic E-state index is 13.1. The number of aryl methyl sites for hydroxylation is 1. The van der Waals surface area contributed by atoms with Gasteiger partial charge in [0.2, 0.25) is 5.91 Å². The SMILES string of the molecule is CCc1cc(N2CCN(C(=O)Cn3nc(-c4ncc[nH]4)c4c(N)ncnc43)CC2)ccc1Cl. The molecule has 1 aliphatic heterocycles. The lowest BCUT2D eigenvalue weighted by atomic mass is 10.1. The first kappa shape index (κ1) is 21.2. The molecule has 1 aromatic carbocycles. The van der Waals surface area contributed by atoms with Crippen LogP contribution in [-0.2, 0) is 17.8 Å². The number of aromatic amines is 1. The van der Waals surface area contributed by atoms with E-state index in [1.165, 1.54) is 6.33 Å². The van der Waals surface area contributed by atoms with E-state index in [2.05, 4.69) is 42.9 Å². The number of nitrogens with two attached hydrogens (primary N) is 1. The van der Waals surface area contributed by atoms with Crippen LogP contribution in [0.2, 0.25) is 5.02 Å². The molecule has 0 saturated carbocycles. The largest absolute Gasteiger partial charge is 0.383 e. The van der Waals surface area contributed by atoms with Crippen molar-refractivity contribution < 1.29 is 4.79 Å². The molecule has 1 amide bonds. The van der Waals surface area contributed by atoms with Crippen molar-refractivity contribution >= 4 is 40.0 Å². The van der Waals surface area contributed by atoms with E-state index in [4.69, 9.17) is 17.3 Å². The summed E-state index contributed by atoms with van der Waals surface area (Å²) in [5, 5.41) is 5.96. The van der Waals surface area contributed by atoms with Crippen LogP contribution in [0.5, 0.6) is 0 Å². The Balaban J connectivity index is 1.32. The number of hydrogen-bond donors (Lipinski definition) is 2. The minimum absolute atomic E-state index is 0.0208. The van der Waals surface area contributed by atoms with Crippen LogP contribution in [0.15, 0.2) is 36.9 Å². The molecule has 0 bridgehead atoms. The zero-order chi connectivity index (χ0) is 22.9. The van der Waals surface area contributed by atoms with E-state index < -0.39 is 0 Å². The van der Waals surface area contributed by atoms with Gasteiger partial charge in [0, 0.05) is 49.3 Å². The van der Waals surface area contributed by atoms with Crippen molar-refractivity contribution in [2.24, 2.45) is 0 Å². The maximum Gasteiger partial charge on any atom is 0.244 e. The van der Waals surface area contributed by atoms with Crippen LogP contribution >= 0.6 is 11.6 Å². The summed E-state index contributed by atoms with van der Waals surface area (Å²) in [4.78, 5) is 32.9. The first-order valence-electron chi connectivity index (χ1n) is 10.8. The topological polar surface area (TPSA) is 122 Å². The van der Waals surface area contributed by atoms with Gasteiger partial charge in [0.25, 0.3) is 0 Å². The predicted octanol–water partition coefficient (Wildman–Crippen LogP) is 2.36. The fourth-order valence-electron chi connectivity index (χ4n) is 4.17. The molecule has 4 heterocycles. The number of nitrogens with one attached hydrogen (secondary N) is 1. The molecule has 11 heteroatoms. The Morgan fingerprint density at radius 3 is 2.73 bits per heavy atom. The minimum Gasteiger partial charge on any atom is -0.383 e. The third-order valence-corrected chi connectivity index (χ3v) is 6.34. The van der Waals surface area contributed by atoms with Crippen LogP contribution in [-0.4, -0.2) is 66.7 Å². The number of carbonyl (C=O) groups is 1. The number of H-pyrrole nitrogens is 1. The van der Waals surface area contributed by atoms with Gasteiger partial charge in [0.05, 0.1) is 5.39 Å². The lowest BCUT2D eigenvalue weighted by Crippen LogP contribution is -2.49. The summed E-state index contributed by atoms with van der Waals surface area (Å²) in [7, 11) is 0. The van der Waals surface area contributed by atoms with Gasteiger partial charge < -0.3 is 20.5 Å². The van der Waals surface area contributed by atoms with E-state index in [0.717, 1.165) is 35.8 Å². The van der Waals surface area contributed by atoms with Crippen LogP contribution in [0, 0.1) is 0 Å². The molecule has 3 N–H and O–H groups in total. The first-order valence-corrected chi connectivity index (χ1v) is 11.2. The number of rotatable bonds is 5. The fraction of sp³-hybridized carbons (Fsp3) is 0.318. The highest BCUT2D eigenvalue weighted by Gasteiger charge is 2.25. The van der Waals surface area contributed by atoms with E-state index in [0.29, 0.717) is 41.5 Å². The Labute approximate surface area is 195 Å². The number of nitrogens with zero attached hydrogens (tertiary/aromatic N) is 7. The molecule has 0 atom stereocenters. The third kappa shape index (κ3) is 3.97. The summed E-state index contributed by atoms with van der Waals surface area (Å²) >= 11 is 6.26. The molecule has 10 nitrogen and oxygen atoms in total. The molecule has 0 aliphatic carbocycles. The minimum atomic E-state index is -0.0208. The first-order chi connectivity index (χ1) is 16.0. The predicted molar refractivity (Wildman–Crippen MR) is 127 cm³/mol. The number of anilines is 2. The quantitative estimate of drug-likeness (QED) is 0.464. The summed E-state index contributed by atoms with van der Waals surface area (Å²) in [6.45, 7) is 4.92. The number of imidazole rings is 1. The highest BCUT2D eigenvalue weighted by atomic mass is 35.5. The molecule has 33 heavy (non-hydrogen) atoms. The summed E-state index contributed by atoms with van der Waals surface area (Å²) in [6, 6.07) is 6.12. The molecule has 3 aromatic heterocycles. The number of nitrogen functional groups attached to an aromatic ring is 1. The standard InChI is InChI=1S/C22H24ClN9O/c1-2-14-11-15(3-4-16(14)23)30-7-9-31(10-8-30)17(33)12-32-22-18(20(24)27-13-28-22)19(29-32)21-25-5-6-26-21/h3-6,11,13H,2,7-10,12H2,1H3,(H,25,26)(H2,24,27,28). The van der Waals surface area contributed by atoms with Crippen LogP contribution in [0.4, 0.5) is 11.5 Å². The summed E-state index contributed by atoms with van der Waals surface area (Å²) in [5.74, 6) is 0.830. The van der Waals surface area contributed by atoms with Crippen molar-refractivity contribution in [3.63, 3.8) is 0 Å². The van der Waals surface area contributed by atoms with Gasteiger partial charge in [0.1, 0.15) is 24.4 Å². The third-order valence-electron chi connectivity index (χ3n) is 5.97. The van der Waals surface area contributed by atoms with Crippen molar-refractivity contribution in [3.05, 3.63) is 47.5 Å². The van der Waals surface area contributed by atoms with Gasteiger partial charge in [-0.1, -0.05) is 18.5 Å². The van der Waals surface area contributed by atoms with Crippen LogP contribution in [0.1, 0.15) is 12.5 Å². The molecule has 1 saturated heterocycles. The molecule has 4 aromatic rings. The molecule has 0 radical (unpaired) electrons. The number of aromatic nitrogens is 6. The number of fused-ring (bicyclic) bond motifs is 1. The number of amides is 1. The van der Waals surface area contributed by atoms with Gasteiger partial charge in [-0.15, -0.1) is 0 Å². The highest BCUT2D eigenvalue weighted by molar-refractivity contribution is 6.31. The zero-order valence-electron chi connectivity index (χ0n) is 18.2. The summed E-state index contributed by atoms with van der Waals surface area (Å²) in [6.07, 6.45) is 5.60. The Hall–Kier alpha value is -3.66. The smallest absolute Gasteiger partial charge is 0.244 e. The molecule has 1 aliphatic rings. The Kier molecular flexibility index (Phi) is 5.59. The number of hydrogen-bond acceptors (Lipinski definition) is 7. The normalized spacial score (nSPS) is 14.2. The Morgan fingerprint density at radius 1 is 1.18 bits per heavy atom. The van der Waals surface area contributed by atoms with Crippen LogP contribution in [0.25, 0.3) is 22.6 Å². The molecule has 170 valence electrons.